The maximum absolute atomic E-state index is 14.8. The van der Waals surface area contributed by atoms with Crippen LogP contribution >= 0.6 is 0 Å². The lowest BCUT2D eigenvalue weighted by Crippen LogP contribution is -2.48. The molecule has 204 valence electrons. The smallest absolute Gasteiger partial charge is 0.309 e. The summed E-state index contributed by atoms with van der Waals surface area (Å²) in [7, 11) is 1.34. The molecule has 2 atom stereocenters. The van der Waals surface area contributed by atoms with E-state index in [1.165, 1.54) is 19.6 Å². The molecule has 0 aromatic heterocycles. The number of amides is 2. The Morgan fingerprint density at radius 1 is 1.11 bits per heavy atom. The molecule has 4 rings (SSSR count). The van der Waals surface area contributed by atoms with Gasteiger partial charge in [0.1, 0.15) is 5.75 Å². The van der Waals surface area contributed by atoms with Gasteiger partial charge in [-0.3, -0.25) is 14.4 Å². The second-order valence-corrected chi connectivity index (χ2v) is 11.3. The van der Waals surface area contributed by atoms with E-state index in [1.807, 2.05) is 0 Å². The largest absolute Gasteiger partial charge is 0.496 e. The molecule has 1 aliphatic heterocycles. The summed E-state index contributed by atoms with van der Waals surface area (Å²) in [5.41, 5.74) is -0.598. The number of aliphatic carboxylic acids is 1. The molecule has 2 aliphatic carbocycles. The number of halogens is 1. The van der Waals surface area contributed by atoms with Crippen LogP contribution in [0.5, 0.6) is 11.5 Å². The lowest BCUT2D eigenvalue weighted by atomic mass is 9.70. The summed E-state index contributed by atoms with van der Waals surface area (Å²) in [6.45, 7) is 4.86. The summed E-state index contributed by atoms with van der Waals surface area (Å²) in [6, 6.07) is 1.87. The highest BCUT2D eigenvalue weighted by Crippen LogP contribution is 2.40. The van der Waals surface area contributed by atoms with Gasteiger partial charge in [0.25, 0.3) is 5.91 Å². The first-order valence-electron chi connectivity index (χ1n) is 13.0. The van der Waals surface area contributed by atoms with Gasteiger partial charge < -0.3 is 30.0 Å². The number of hydrogen-bond donors (Lipinski definition) is 3. The third kappa shape index (κ3) is 6.00. The van der Waals surface area contributed by atoms with E-state index in [-0.39, 0.29) is 47.7 Å². The summed E-state index contributed by atoms with van der Waals surface area (Å²) in [6.07, 6.45) is 4.75. The standard InChI is InChI=1S/C27H37FN2O7/c1-26(7-4-8-26)15-29-23(31)18-13-36-14-20(18)30-24(32)17-11-22(19(28)12-21(17)35-3)37-16-5-9-27(2,10-6-16)25(33)34/h11-12,16,18,20H,4-10,13-15H2,1-3H3,(H,29,31)(H,30,32)(H,33,34)/t16-,18-,20+,27+/m0/s1. The molecule has 1 heterocycles. The summed E-state index contributed by atoms with van der Waals surface area (Å²) >= 11 is 0. The van der Waals surface area contributed by atoms with E-state index in [1.54, 1.807) is 6.92 Å². The number of carboxylic acid groups (broad SMARTS) is 1. The maximum atomic E-state index is 14.8. The van der Waals surface area contributed by atoms with Gasteiger partial charge in [0.15, 0.2) is 11.6 Å². The number of rotatable bonds is 9. The van der Waals surface area contributed by atoms with Crippen molar-refractivity contribution in [3.8, 4) is 11.5 Å². The van der Waals surface area contributed by atoms with E-state index >= 15 is 0 Å². The number of methoxy groups -OCH3 is 1. The van der Waals surface area contributed by atoms with E-state index in [2.05, 4.69) is 17.6 Å². The van der Waals surface area contributed by atoms with Crippen molar-refractivity contribution in [1.82, 2.24) is 10.6 Å². The lowest BCUT2D eigenvalue weighted by Gasteiger charge is -2.38. The van der Waals surface area contributed by atoms with Gasteiger partial charge >= 0.3 is 5.97 Å². The molecule has 37 heavy (non-hydrogen) atoms. The average molecular weight is 521 g/mol. The zero-order valence-electron chi connectivity index (χ0n) is 21.7. The molecule has 0 radical (unpaired) electrons. The minimum Gasteiger partial charge on any atom is -0.496 e. The second kappa shape index (κ2) is 10.8. The third-order valence-corrected chi connectivity index (χ3v) is 8.33. The average Bonchev–Trinajstić information content (AvgIpc) is 3.31. The Bertz CT molecular complexity index is 1030. The van der Waals surface area contributed by atoms with Gasteiger partial charge in [-0.2, -0.15) is 0 Å². The molecular weight excluding hydrogens is 483 g/mol. The first kappa shape index (κ1) is 27.2. The molecule has 1 aromatic carbocycles. The fourth-order valence-corrected chi connectivity index (χ4v) is 5.30. The van der Waals surface area contributed by atoms with Crippen LogP contribution in [0.4, 0.5) is 4.39 Å². The van der Waals surface area contributed by atoms with Crippen molar-refractivity contribution in [3.63, 3.8) is 0 Å². The van der Waals surface area contributed by atoms with Crippen molar-refractivity contribution in [2.75, 3.05) is 26.9 Å². The van der Waals surface area contributed by atoms with Crippen molar-refractivity contribution < 1.29 is 38.1 Å². The molecule has 3 aliphatic rings. The SMILES string of the molecule is COc1cc(F)c(O[C@H]2CC[C@@](C)(C(=O)O)CC2)cc1C(=O)N[C@@H]1COC[C@@H]1C(=O)NCC1(C)CCC1. The number of benzene rings is 1. The van der Waals surface area contributed by atoms with Crippen molar-refractivity contribution in [1.29, 1.82) is 0 Å². The highest BCUT2D eigenvalue weighted by Gasteiger charge is 2.40. The van der Waals surface area contributed by atoms with Gasteiger partial charge in [-0.1, -0.05) is 13.3 Å². The van der Waals surface area contributed by atoms with Crippen LogP contribution in [0, 0.1) is 22.6 Å². The van der Waals surface area contributed by atoms with E-state index in [4.69, 9.17) is 14.2 Å². The fraction of sp³-hybridized carbons (Fsp3) is 0.667. The highest BCUT2D eigenvalue weighted by atomic mass is 19.1. The first-order valence-corrected chi connectivity index (χ1v) is 13.0. The molecule has 1 saturated heterocycles. The maximum Gasteiger partial charge on any atom is 0.309 e. The Balaban J connectivity index is 1.41. The summed E-state index contributed by atoms with van der Waals surface area (Å²) in [5, 5.41) is 15.3. The van der Waals surface area contributed by atoms with Gasteiger partial charge in [-0.25, -0.2) is 4.39 Å². The van der Waals surface area contributed by atoms with Crippen molar-refractivity contribution in [3.05, 3.63) is 23.5 Å². The molecule has 0 bridgehead atoms. The quantitative estimate of drug-likeness (QED) is 0.457. The lowest BCUT2D eigenvalue weighted by molar-refractivity contribution is -0.150. The zero-order chi connectivity index (χ0) is 26.8. The van der Waals surface area contributed by atoms with Gasteiger partial charge in [0, 0.05) is 12.6 Å². The topological polar surface area (TPSA) is 123 Å². The highest BCUT2D eigenvalue weighted by molar-refractivity contribution is 5.98. The number of carbonyl (C=O) groups is 3. The van der Waals surface area contributed by atoms with Crippen LogP contribution in [0.15, 0.2) is 12.1 Å². The molecule has 3 N–H and O–H groups in total. The first-order chi connectivity index (χ1) is 17.5. The van der Waals surface area contributed by atoms with Crippen LogP contribution in [0.3, 0.4) is 0 Å². The normalized spacial score (nSPS) is 28.6. The number of carbonyl (C=O) groups excluding carboxylic acids is 2. The van der Waals surface area contributed by atoms with Crippen molar-refractivity contribution >= 4 is 17.8 Å². The second-order valence-electron chi connectivity index (χ2n) is 11.3. The summed E-state index contributed by atoms with van der Waals surface area (Å²) in [5.74, 6) is -2.78. The fourth-order valence-electron chi connectivity index (χ4n) is 5.30. The van der Waals surface area contributed by atoms with Gasteiger partial charge in [-0.15, -0.1) is 0 Å². The summed E-state index contributed by atoms with van der Waals surface area (Å²) in [4.78, 5) is 37.5. The van der Waals surface area contributed by atoms with Crippen LogP contribution in [0.25, 0.3) is 0 Å². The molecular formula is C27H37FN2O7. The molecule has 2 saturated carbocycles. The van der Waals surface area contributed by atoms with Gasteiger partial charge in [0.05, 0.1) is 49.4 Å². The number of nitrogens with one attached hydrogen (secondary N) is 2. The monoisotopic (exact) mass is 520 g/mol. The van der Waals surface area contributed by atoms with Crippen LogP contribution in [-0.4, -0.2) is 61.9 Å². The van der Waals surface area contributed by atoms with Crippen LogP contribution in [0.2, 0.25) is 0 Å². The van der Waals surface area contributed by atoms with Crippen molar-refractivity contribution in [2.24, 2.45) is 16.7 Å². The Morgan fingerprint density at radius 2 is 1.81 bits per heavy atom. The number of ether oxygens (including phenoxy) is 3. The van der Waals surface area contributed by atoms with Crippen LogP contribution < -0.4 is 20.1 Å². The van der Waals surface area contributed by atoms with E-state index in [0.717, 1.165) is 18.9 Å². The zero-order valence-corrected chi connectivity index (χ0v) is 21.7. The molecule has 0 spiro atoms. The minimum absolute atomic E-state index is 0.0438. The van der Waals surface area contributed by atoms with E-state index in [9.17, 15) is 23.9 Å². The molecule has 10 heteroatoms. The Kier molecular flexibility index (Phi) is 7.96. The van der Waals surface area contributed by atoms with Crippen LogP contribution in [0.1, 0.15) is 69.2 Å². The van der Waals surface area contributed by atoms with Gasteiger partial charge in [0.2, 0.25) is 5.91 Å². The van der Waals surface area contributed by atoms with Gasteiger partial charge in [-0.05, 0) is 56.9 Å². The van der Waals surface area contributed by atoms with E-state index < -0.39 is 35.1 Å². The Hall–Kier alpha value is -2.88. The number of hydrogen-bond acceptors (Lipinski definition) is 6. The van der Waals surface area contributed by atoms with Crippen LogP contribution in [-0.2, 0) is 14.3 Å². The van der Waals surface area contributed by atoms with Crippen molar-refractivity contribution in [2.45, 2.75) is 70.9 Å². The minimum atomic E-state index is -0.847. The van der Waals surface area contributed by atoms with E-state index in [0.29, 0.717) is 32.2 Å². The molecule has 0 unspecified atom stereocenters. The number of carboxylic acids is 1. The Morgan fingerprint density at radius 3 is 2.41 bits per heavy atom. The predicted molar refractivity (Wildman–Crippen MR) is 132 cm³/mol. The molecule has 2 amide bonds. The summed E-state index contributed by atoms with van der Waals surface area (Å²) < 4.78 is 31.4. The predicted octanol–water partition coefficient (Wildman–Crippen LogP) is 3.30. The molecule has 3 fully saturated rings. The Labute approximate surface area is 216 Å². The molecule has 9 nitrogen and oxygen atoms in total. The third-order valence-electron chi connectivity index (χ3n) is 8.33. The molecule has 1 aromatic rings.